The molecule has 1 fully saturated rings. The highest BCUT2D eigenvalue weighted by atomic mass is 32.2. The first-order valence-corrected chi connectivity index (χ1v) is 12.8. The molecule has 2 aromatic rings. The number of nitrogens with zero attached hydrogens (tertiary/aromatic N) is 2. The summed E-state index contributed by atoms with van der Waals surface area (Å²) in [6.45, 7) is 3.95. The maximum Gasteiger partial charge on any atom is 0.240 e. The first-order chi connectivity index (χ1) is 15.3. The largest absolute Gasteiger partial charge is 0.497 e. The van der Waals surface area contributed by atoms with E-state index >= 15 is 0 Å². The lowest BCUT2D eigenvalue weighted by Crippen LogP contribution is -2.44. The van der Waals surface area contributed by atoms with Gasteiger partial charge in [0.1, 0.15) is 12.3 Å². The molecule has 1 aliphatic rings. The number of carbonyl (C=O) groups excluding carboxylic acids is 1. The molecule has 1 atom stereocenters. The summed E-state index contributed by atoms with van der Waals surface area (Å²) in [7, 11) is -1.97. The molecule has 0 radical (unpaired) electrons. The second kappa shape index (κ2) is 10.8. The molecular weight excluding hydrogens is 426 g/mol. The van der Waals surface area contributed by atoms with Crippen LogP contribution in [-0.2, 0) is 14.8 Å². The van der Waals surface area contributed by atoms with Gasteiger partial charge in [-0.2, -0.15) is 0 Å². The molecule has 3 rings (SSSR count). The fourth-order valence-electron chi connectivity index (χ4n) is 4.14. The highest BCUT2D eigenvalue weighted by Crippen LogP contribution is 2.26. The molecular formula is C24H33N3O4S. The number of carbonyl (C=O) groups is 1. The highest BCUT2D eigenvalue weighted by molar-refractivity contribution is 7.92. The smallest absolute Gasteiger partial charge is 0.240 e. The molecule has 1 saturated heterocycles. The molecule has 7 nitrogen and oxygen atoms in total. The van der Waals surface area contributed by atoms with Gasteiger partial charge in [0.15, 0.2) is 0 Å². The number of amides is 1. The maximum absolute atomic E-state index is 12.8. The van der Waals surface area contributed by atoms with Crippen molar-refractivity contribution in [3.8, 4) is 5.75 Å². The molecule has 0 bridgehead atoms. The van der Waals surface area contributed by atoms with Crippen LogP contribution in [0.5, 0.6) is 5.75 Å². The van der Waals surface area contributed by atoms with E-state index in [4.69, 9.17) is 4.74 Å². The maximum atomic E-state index is 12.8. The molecule has 0 aliphatic carbocycles. The molecule has 174 valence electrons. The van der Waals surface area contributed by atoms with Gasteiger partial charge in [0.05, 0.1) is 25.1 Å². The fourth-order valence-corrected chi connectivity index (χ4v) is 5.05. The Morgan fingerprint density at radius 1 is 1.09 bits per heavy atom. The van der Waals surface area contributed by atoms with Gasteiger partial charge in [-0.15, -0.1) is 0 Å². The Bertz CT molecular complexity index is 1000. The Balaban J connectivity index is 1.74. The summed E-state index contributed by atoms with van der Waals surface area (Å²) in [5.74, 6) is 0.464. The minimum Gasteiger partial charge on any atom is -0.497 e. The first-order valence-electron chi connectivity index (χ1n) is 11.0. The van der Waals surface area contributed by atoms with Crippen LogP contribution < -0.4 is 14.4 Å². The van der Waals surface area contributed by atoms with Crippen molar-refractivity contribution in [3.63, 3.8) is 0 Å². The highest BCUT2D eigenvalue weighted by Gasteiger charge is 2.25. The van der Waals surface area contributed by atoms with Crippen molar-refractivity contribution in [2.45, 2.75) is 32.2 Å². The Morgan fingerprint density at radius 2 is 1.75 bits per heavy atom. The van der Waals surface area contributed by atoms with Crippen molar-refractivity contribution >= 4 is 21.6 Å². The number of likely N-dealkylation sites (tertiary alicyclic amines) is 1. The van der Waals surface area contributed by atoms with Gasteiger partial charge < -0.3 is 10.1 Å². The van der Waals surface area contributed by atoms with Gasteiger partial charge in [-0.25, -0.2) is 8.42 Å². The number of piperidine rings is 1. The van der Waals surface area contributed by atoms with Gasteiger partial charge in [0.25, 0.3) is 0 Å². The van der Waals surface area contributed by atoms with Crippen LogP contribution in [0.15, 0.2) is 48.5 Å². The lowest BCUT2D eigenvalue weighted by atomic mass is 10.0. The van der Waals surface area contributed by atoms with E-state index in [1.165, 1.54) is 10.7 Å². The van der Waals surface area contributed by atoms with E-state index in [2.05, 4.69) is 10.2 Å². The number of anilines is 1. The number of para-hydroxylation sites is 1. The number of hydrogen-bond donors (Lipinski definition) is 1. The van der Waals surface area contributed by atoms with Crippen LogP contribution in [0.2, 0.25) is 0 Å². The number of rotatable bonds is 9. The van der Waals surface area contributed by atoms with E-state index in [0.29, 0.717) is 12.2 Å². The van der Waals surface area contributed by atoms with Crippen molar-refractivity contribution in [2.24, 2.45) is 0 Å². The van der Waals surface area contributed by atoms with E-state index in [9.17, 15) is 13.2 Å². The summed E-state index contributed by atoms with van der Waals surface area (Å²) < 4.78 is 31.3. The Hall–Kier alpha value is -2.58. The number of hydrogen-bond acceptors (Lipinski definition) is 5. The Morgan fingerprint density at radius 3 is 2.34 bits per heavy atom. The van der Waals surface area contributed by atoms with Crippen molar-refractivity contribution in [1.29, 1.82) is 0 Å². The number of ether oxygens (including phenoxy) is 1. The predicted octanol–water partition coefficient (Wildman–Crippen LogP) is 3.11. The molecule has 1 N–H and O–H groups in total. The average molecular weight is 460 g/mol. The van der Waals surface area contributed by atoms with Gasteiger partial charge in [0, 0.05) is 6.54 Å². The van der Waals surface area contributed by atoms with Crippen molar-refractivity contribution in [3.05, 3.63) is 59.7 Å². The lowest BCUT2D eigenvalue weighted by Gasteiger charge is -2.35. The molecule has 1 aliphatic heterocycles. The second-order valence-corrected chi connectivity index (χ2v) is 10.2. The van der Waals surface area contributed by atoms with Gasteiger partial charge >= 0.3 is 0 Å². The topological polar surface area (TPSA) is 79.0 Å². The average Bonchev–Trinajstić information content (AvgIpc) is 2.78. The van der Waals surface area contributed by atoms with E-state index in [1.807, 2.05) is 43.3 Å². The number of nitrogens with one attached hydrogen (secondary N) is 1. The molecule has 0 spiro atoms. The predicted molar refractivity (Wildman–Crippen MR) is 128 cm³/mol. The zero-order chi connectivity index (χ0) is 23.1. The fraction of sp³-hybridized carbons (Fsp3) is 0.458. The van der Waals surface area contributed by atoms with Crippen LogP contribution in [-0.4, -0.2) is 58.8 Å². The molecule has 1 amide bonds. The normalized spacial score (nSPS) is 15.7. The van der Waals surface area contributed by atoms with Crippen LogP contribution in [0.1, 0.15) is 36.4 Å². The third kappa shape index (κ3) is 6.23. The summed E-state index contributed by atoms with van der Waals surface area (Å²) >= 11 is 0. The monoisotopic (exact) mass is 459 g/mol. The number of methoxy groups -OCH3 is 1. The zero-order valence-electron chi connectivity index (χ0n) is 19.1. The molecule has 2 aromatic carbocycles. The minimum atomic E-state index is -3.61. The van der Waals surface area contributed by atoms with Gasteiger partial charge in [-0.05, 0) is 62.2 Å². The third-order valence-corrected chi connectivity index (χ3v) is 7.02. The standard InChI is InChI=1S/C24H33N3O4S/c1-19-9-5-6-10-22(19)27(32(3,29)30)18-24(28)25-17-23(26-15-7-4-8-16-26)20-11-13-21(31-2)14-12-20/h5-6,9-14,23H,4,7-8,15-18H2,1-3H3,(H,25,28)/t23-/m1/s1. The van der Waals surface area contributed by atoms with Crippen molar-refractivity contribution in [2.75, 3.05) is 43.8 Å². The van der Waals surface area contributed by atoms with Crippen molar-refractivity contribution < 1.29 is 17.9 Å². The summed E-state index contributed by atoms with van der Waals surface area (Å²) in [6.07, 6.45) is 4.62. The molecule has 32 heavy (non-hydrogen) atoms. The van der Waals surface area contributed by atoms with Crippen LogP contribution in [0.3, 0.4) is 0 Å². The summed E-state index contributed by atoms with van der Waals surface area (Å²) in [6, 6.07) is 15.1. The van der Waals surface area contributed by atoms with E-state index in [-0.39, 0.29) is 18.5 Å². The van der Waals surface area contributed by atoms with E-state index in [0.717, 1.165) is 49.1 Å². The van der Waals surface area contributed by atoms with Gasteiger partial charge in [0.2, 0.25) is 15.9 Å². The molecule has 0 unspecified atom stereocenters. The molecule has 0 saturated carbocycles. The van der Waals surface area contributed by atoms with E-state index < -0.39 is 10.0 Å². The van der Waals surface area contributed by atoms with Crippen LogP contribution >= 0.6 is 0 Å². The summed E-state index contributed by atoms with van der Waals surface area (Å²) in [5, 5.41) is 2.98. The SMILES string of the molecule is COc1ccc([C@@H](CNC(=O)CN(c2ccccc2C)S(C)(=O)=O)N2CCCCC2)cc1. The van der Waals surface area contributed by atoms with E-state index in [1.54, 1.807) is 19.2 Å². The number of aryl methyl sites for hydroxylation is 1. The molecule has 0 aromatic heterocycles. The zero-order valence-corrected chi connectivity index (χ0v) is 19.9. The number of benzene rings is 2. The van der Waals surface area contributed by atoms with Crippen molar-refractivity contribution in [1.82, 2.24) is 10.2 Å². The molecule has 1 heterocycles. The Kier molecular flexibility index (Phi) is 8.15. The second-order valence-electron chi connectivity index (χ2n) is 8.25. The first kappa shape index (κ1) is 24.1. The Labute approximate surface area is 191 Å². The minimum absolute atomic E-state index is 0.0234. The summed E-state index contributed by atoms with van der Waals surface area (Å²) in [5.41, 5.74) is 2.43. The molecule has 8 heteroatoms. The quantitative estimate of drug-likeness (QED) is 0.623. The van der Waals surface area contributed by atoms with Crippen LogP contribution in [0, 0.1) is 6.92 Å². The van der Waals surface area contributed by atoms with Gasteiger partial charge in [-0.1, -0.05) is 36.8 Å². The lowest BCUT2D eigenvalue weighted by molar-refractivity contribution is -0.119. The summed E-state index contributed by atoms with van der Waals surface area (Å²) in [4.78, 5) is 15.2. The van der Waals surface area contributed by atoms with Crippen LogP contribution in [0.25, 0.3) is 0 Å². The number of sulfonamides is 1. The van der Waals surface area contributed by atoms with Crippen LogP contribution in [0.4, 0.5) is 5.69 Å². The third-order valence-electron chi connectivity index (χ3n) is 5.90. The van der Waals surface area contributed by atoms with Gasteiger partial charge in [-0.3, -0.25) is 14.0 Å².